The quantitative estimate of drug-likeness (QED) is 0.116. The Morgan fingerprint density at radius 1 is 0.692 bits per heavy atom. The third kappa shape index (κ3) is 7.76. The van der Waals surface area contributed by atoms with Gasteiger partial charge >= 0.3 is 11.9 Å². The van der Waals surface area contributed by atoms with Gasteiger partial charge in [-0.3, -0.25) is 4.79 Å². The molecule has 3 heterocycles. The fourth-order valence-corrected chi connectivity index (χ4v) is 14.8. The van der Waals surface area contributed by atoms with Crippen molar-refractivity contribution in [2.45, 2.75) is 205 Å². The van der Waals surface area contributed by atoms with E-state index in [1.165, 1.54) is 5.57 Å². The lowest BCUT2D eigenvalue weighted by Crippen LogP contribution is -2.68. The largest absolute Gasteiger partial charge is 0.481 e. The summed E-state index contributed by atoms with van der Waals surface area (Å²) in [6, 6.07) is 0. The van der Waals surface area contributed by atoms with Crippen LogP contribution in [0.3, 0.4) is 0 Å². The molecule has 22 unspecified atom stereocenters. The first kappa shape index (κ1) is 49.5. The van der Waals surface area contributed by atoms with Crippen molar-refractivity contribution in [2.24, 2.45) is 50.2 Å². The number of hydrogen-bond donors (Lipinski definition) is 10. The van der Waals surface area contributed by atoms with Crippen molar-refractivity contribution in [2.75, 3.05) is 13.2 Å². The highest BCUT2D eigenvalue weighted by Gasteiger charge is 2.70. The van der Waals surface area contributed by atoms with Gasteiger partial charge in [0.1, 0.15) is 61.0 Å². The Balaban J connectivity index is 1.06. The average molecular weight is 927 g/mol. The van der Waals surface area contributed by atoms with Crippen LogP contribution in [0.25, 0.3) is 0 Å². The number of carboxylic acid groups (broad SMARTS) is 2. The van der Waals surface area contributed by atoms with E-state index in [1.54, 1.807) is 0 Å². The van der Waals surface area contributed by atoms with Crippen molar-refractivity contribution in [3.05, 3.63) is 11.6 Å². The maximum absolute atomic E-state index is 13.1. The summed E-state index contributed by atoms with van der Waals surface area (Å²) >= 11 is 0. The molecular weight excluding hydrogens is 852 g/mol. The van der Waals surface area contributed by atoms with E-state index in [2.05, 4.69) is 54.5 Å². The molecule has 3 saturated heterocycles. The maximum Gasteiger partial charge on any atom is 0.335 e. The average Bonchev–Trinajstić information content (AvgIpc) is 3.23. The second-order valence-corrected chi connectivity index (χ2v) is 23.1. The fourth-order valence-electron chi connectivity index (χ4n) is 14.8. The number of aliphatic hydroxyl groups is 8. The van der Waals surface area contributed by atoms with Crippen LogP contribution < -0.4 is 0 Å². The molecule has 7 fully saturated rings. The van der Waals surface area contributed by atoms with Crippen LogP contribution in [0.15, 0.2) is 11.6 Å². The number of ether oxygens (including phenoxy) is 6. The molecule has 65 heavy (non-hydrogen) atoms. The van der Waals surface area contributed by atoms with E-state index in [0.29, 0.717) is 19.3 Å². The molecule has 0 spiro atoms. The van der Waals surface area contributed by atoms with Crippen LogP contribution in [-0.2, 0) is 38.0 Å². The summed E-state index contributed by atoms with van der Waals surface area (Å²) in [6.07, 6.45) is -15.3. The molecule has 3 aliphatic heterocycles. The van der Waals surface area contributed by atoms with Gasteiger partial charge in [-0.2, -0.15) is 0 Å². The number of rotatable bonds is 9. The Morgan fingerprint density at radius 3 is 2.00 bits per heavy atom. The minimum absolute atomic E-state index is 0.0128. The van der Waals surface area contributed by atoms with Gasteiger partial charge in [0.15, 0.2) is 25.0 Å². The summed E-state index contributed by atoms with van der Waals surface area (Å²) in [5.74, 6) is -1.89. The van der Waals surface area contributed by atoms with Gasteiger partial charge in [0, 0.05) is 0 Å². The fraction of sp³-hybridized carbons (Fsp3) is 0.915. The predicted octanol–water partition coefficient (Wildman–Crippen LogP) is 1.44. The first-order valence-electron chi connectivity index (χ1n) is 23.7. The molecule has 0 amide bonds. The first-order chi connectivity index (χ1) is 30.3. The van der Waals surface area contributed by atoms with Crippen molar-refractivity contribution in [3.8, 4) is 0 Å². The number of carbonyl (C=O) groups is 2. The van der Waals surface area contributed by atoms with Crippen molar-refractivity contribution in [3.63, 3.8) is 0 Å². The second-order valence-electron chi connectivity index (χ2n) is 23.1. The number of allylic oxidation sites excluding steroid dienone is 2. The zero-order chi connectivity index (χ0) is 47.6. The monoisotopic (exact) mass is 926 g/mol. The number of hydrogen-bond acceptors (Lipinski definition) is 16. The molecule has 8 rings (SSSR count). The van der Waals surface area contributed by atoms with E-state index in [4.69, 9.17) is 28.4 Å². The van der Waals surface area contributed by atoms with E-state index in [-0.39, 0.29) is 39.4 Å². The Labute approximate surface area is 380 Å². The lowest BCUT2D eigenvalue weighted by molar-refractivity contribution is -0.384. The third-order valence-corrected chi connectivity index (χ3v) is 18.9. The highest BCUT2D eigenvalue weighted by atomic mass is 16.8. The van der Waals surface area contributed by atoms with Crippen molar-refractivity contribution in [1.82, 2.24) is 0 Å². The van der Waals surface area contributed by atoms with E-state index in [9.17, 15) is 60.7 Å². The van der Waals surface area contributed by atoms with E-state index < -0.39 is 128 Å². The van der Waals surface area contributed by atoms with Crippen LogP contribution >= 0.6 is 0 Å². The number of aliphatic carboxylic acids is 2. The summed E-state index contributed by atoms with van der Waals surface area (Å²) in [6.45, 7) is 14.7. The molecule has 0 bridgehead atoms. The van der Waals surface area contributed by atoms with Gasteiger partial charge in [0.05, 0.1) is 24.7 Å². The van der Waals surface area contributed by atoms with Gasteiger partial charge < -0.3 is 79.5 Å². The van der Waals surface area contributed by atoms with Crippen LogP contribution in [-0.4, -0.2) is 168 Å². The van der Waals surface area contributed by atoms with E-state index in [1.807, 2.05) is 0 Å². The maximum atomic E-state index is 13.1. The summed E-state index contributed by atoms with van der Waals surface area (Å²) in [7, 11) is 0. The Kier molecular flexibility index (Phi) is 13.1. The van der Waals surface area contributed by atoms with Gasteiger partial charge in [0.25, 0.3) is 0 Å². The van der Waals surface area contributed by atoms with Crippen LogP contribution in [0.4, 0.5) is 0 Å². The highest BCUT2D eigenvalue weighted by Crippen LogP contribution is 2.76. The molecule has 8 aliphatic rings. The summed E-state index contributed by atoms with van der Waals surface area (Å²) < 4.78 is 35.7. The van der Waals surface area contributed by atoms with Crippen LogP contribution in [0.5, 0.6) is 0 Å². The second kappa shape index (κ2) is 17.2. The lowest BCUT2D eigenvalue weighted by atomic mass is 9.33. The van der Waals surface area contributed by atoms with Crippen LogP contribution in [0.1, 0.15) is 113 Å². The molecule has 0 aromatic rings. The Morgan fingerprint density at radius 2 is 1.34 bits per heavy atom. The zero-order valence-electron chi connectivity index (χ0n) is 38.7. The number of aliphatic hydroxyl groups excluding tert-OH is 8. The molecule has 18 heteroatoms. The van der Waals surface area contributed by atoms with Crippen LogP contribution in [0, 0.1) is 50.2 Å². The molecule has 0 radical (unpaired) electrons. The number of fused-ring (bicyclic) bond motifs is 7. The number of carboxylic acids is 2. The standard InChI is InChI=1S/C47H74O18/c1-42(2)14-16-47(41(58)59)17-15-45(6)21(22(47)18-42)8-9-26-44(5)12-11-27(43(3,4)25(44)10-13-46(26,45)7)62-40-33(55)34(63-39-32(54)30(52)29(51)24(19-48)61-39)35(36(65-40)37(56)57)64-38-31(53)28(50)23(49)20-60-38/h8,22-36,38-40,48-55H,9-20H2,1-7H3,(H,56,57)(H,58,59). The zero-order valence-corrected chi connectivity index (χ0v) is 38.7. The van der Waals surface area contributed by atoms with Crippen molar-refractivity contribution >= 4 is 11.9 Å². The predicted molar refractivity (Wildman–Crippen MR) is 225 cm³/mol. The molecule has 5 aliphatic carbocycles. The van der Waals surface area contributed by atoms with Gasteiger partial charge in [-0.25, -0.2) is 4.79 Å². The molecule has 22 atom stereocenters. The van der Waals surface area contributed by atoms with E-state index >= 15 is 0 Å². The van der Waals surface area contributed by atoms with E-state index in [0.717, 1.165) is 44.9 Å². The highest BCUT2D eigenvalue weighted by molar-refractivity contribution is 5.76. The SMILES string of the molecule is CC1(C)CCC2(C(=O)O)CCC3(C)C(=CCC4C5(C)CCC(OC6OC(C(=O)O)C(OC7OCC(O)C(O)C7O)C(OC7OC(CO)C(O)C(O)C7O)C6O)C(C)(C)C5CCC43C)C2C1. The van der Waals surface area contributed by atoms with Crippen LogP contribution in [0.2, 0.25) is 0 Å². The Hall–Kier alpha value is -1.88. The first-order valence-corrected chi connectivity index (χ1v) is 23.7. The van der Waals surface area contributed by atoms with Crippen molar-refractivity contribution < 1.29 is 89.1 Å². The third-order valence-electron chi connectivity index (χ3n) is 18.9. The minimum Gasteiger partial charge on any atom is -0.481 e. The van der Waals surface area contributed by atoms with Gasteiger partial charge in [-0.15, -0.1) is 0 Å². The molecular formula is C47H74O18. The normalized spacial score (nSPS) is 52.8. The smallest absolute Gasteiger partial charge is 0.335 e. The summed E-state index contributed by atoms with van der Waals surface area (Å²) in [4.78, 5) is 26.2. The molecule has 0 aromatic carbocycles. The summed E-state index contributed by atoms with van der Waals surface area (Å²) in [5, 5.41) is 107. The lowest BCUT2D eigenvalue weighted by Gasteiger charge is -2.71. The molecule has 370 valence electrons. The molecule has 4 saturated carbocycles. The summed E-state index contributed by atoms with van der Waals surface area (Å²) in [5.41, 5.74) is -0.371. The van der Waals surface area contributed by atoms with Crippen molar-refractivity contribution in [1.29, 1.82) is 0 Å². The van der Waals surface area contributed by atoms with Gasteiger partial charge in [-0.05, 0) is 109 Å². The Bertz CT molecular complexity index is 1820. The molecule has 0 aromatic heterocycles. The van der Waals surface area contributed by atoms with Gasteiger partial charge in [-0.1, -0.05) is 60.1 Å². The molecule has 10 N–H and O–H groups in total. The minimum atomic E-state index is -1.99. The molecule has 18 nitrogen and oxygen atoms in total. The van der Waals surface area contributed by atoms with Gasteiger partial charge in [0.2, 0.25) is 0 Å². The topological polar surface area (TPSA) is 292 Å².